The molecular weight excluding hydrogens is 220 g/mol. The highest BCUT2D eigenvalue weighted by Crippen LogP contribution is 2.20. The van der Waals surface area contributed by atoms with Gasteiger partial charge in [-0.1, -0.05) is 0 Å². The Morgan fingerprint density at radius 1 is 1.47 bits per heavy atom. The van der Waals surface area contributed by atoms with Crippen LogP contribution in [0.1, 0.15) is 11.8 Å². The van der Waals surface area contributed by atoms with Crippen molar-refractivity contribution in [3.63, 3.8) is 0 Å². The topological polar surface area (TPSA) is 89.4 Å². The van der Waals surface area contributed by atoms with Crippen molar-refractivity contribution in [3.05, 3.63) is 18.1 Å². The van der Waals surface area contributed by atoms with Crippen LogP contribution in [0.25, 0.3) is 0 Å². The number of aliphatic hydroxyl groups excluding tert-OH is 1. The van der Waals surface area contributed by atoms with Gasteiger partial charge in [-0.25, -0.2) is 13.4 Å². The van der Waals surface area contributed by atoms with Gasteiger partial charge in [0.1, 0.15) is 21.6 Å². The minimum Gasteiger partial charge on any atom is -0.480 e. The summed E-state index contributed by atoms with van der Waals surface area (Å²) in [7, 11) is -1.89. The van der Waals surface area contributed by atoms with E-state index in [-0.39, 0.29) is 11.6 Å². The third-order valence-corrected chi connectivity index (χ3v) is 2.58. The Morgan fingerprint density at radius 3 is 2.60 bits per heavy atom. The lowest BCUT2D eigenvalue weighted by Crippen LogP contribution is -2.15. The van der Waals surface area contributed by atoms with Crippen molar-refractivity contribution in [1.82, 2.24) is 9.97 Å². The molecule has 15 heavy (non-hydrogen) atoms. The number of aliphatic hydroxyl groups is 1. The smallest absolute Gasteiger partial charge is 0.238 e. The first-order valence-corrected chi connectivity index (χ1v) is 6.21. The van der Waals surface area contributed by atoms with Gasteiger partial charge in [0, 0.05) is 18.6 Å². The summed E-state index contributed by atoms with van der Waals surface area (Å²) in [5, 5.41) is 9.61. The molecule has 0 fully saturated rings. The Labute approximate surface area is 87.9 Å². The van der Waals surface area contributed by atoms with Crippen LogP contribution in [0.4, 0.5) is 0 Å². The second kappa shape index (κ2) is 4.54. The van der Waals surface area contributed by atoms with Crippen LogP contribution in [0.5, 0.6) is 5.88 Å². The van der Waals surface area contributed by atoms with Crippen LogP contribution >= 0.6 is 0 Å². The molecule has 1 N–H and O–H groups in total. The zero-order valence-electron chi connectivity index (χ0n) is 8.41. The maximum absolute atomic E-state index is 11.0. The summed E-state index contributed by atoms with van der Waals surface area (Å²) in [5.74, 6) is -0.268. The van der Waals surface area contributed by atoms with Gasteiger partial charge in [-0.3, -0.25) is 4.98 Å². The minimum atomic E-state index is -3.27. The number of sulfone groups is 1. The monoisotopic (exact) mass is 232 g/mol. The summed E-state index contributed by atoms with van der Waals surface area (Å²) in [6.45, 7) is 0. The van der Waals surface area contributed by atoms with E-state index in [2.05, 4.69) is 9.97 Å². The van der Waals surface area contributed by atoms with Gasteiger partial charge >= 0.3 is 0 Å². The van der Waals surface area contributed by atoms with Gasteiger partial charge in [0.25, 0.3) is 0 Å². The minimum absolute atomic E-state index is 0.130. The lowest BCUT2D eigenvalue weighted by molar-refractivity contribution is 0.190. The quantitative estimate of drug-likeness (QED) is 0.757. The van der Waals surface area contributed by atoms with Gasteiger partial charge in [-0.05, 0) is 0 Å². The fraction of sp³-hybridized carbons (Fsp3) is 0.500. The molecule has 84 valence electrons. The summed E-state index contributed by atoms with van der Waals surface area (Å²) in [5.41, 5.74) is 0.130. The molecule has 1 atom stereocenters. The van der Waals surface area contributed by atoms with E-state index in [1.54, 1.807) is 0 Å². The summed E-state index contributed by atoms with van der Waals surface area (Å²) in [6, 6.07) is 0. The first kappa shape index (κ1) is 11.9. The molecule has 1 aromatic rings. The van der Waals surface area contributed by atoms with E-state index in [4.69, 9.17) is 4.74 Å². The second-order valence-corrected chi connectivity index (χ2v) is 5.24. The van der Waals surface area contributed by atoms with Crippen molar-refractivity contribution in [2.75, 3.05) is 19.1 Å². The van der Waals surface area contributed by atoms with E-state index in [1.165, 1.54) is 19.5 Å². The lowest BCUT2D eigenvalue weighted by Gasteiger charge is -2.10. The molecule has 1 rings (SSSR count). The van der Waals surface area contributed by atoms with Crippen molar-refractivity contribution in [2.24, 2.45) is 0 Å². The van der Waals surface area contributed by atoms with Gasteiger partial charge in [0.2, 0.25) is 5.88 Å². The number of hydrogen-bond donors (Lipinski definition) is 1. The zero-order chi connectivity index (χ0) is 11.5. The Kier molecular flexibility index (Phi) is 3.59. The standard InChI is InChI=1S/C8H12N2O4S/c1-14-8-7(9-3-4-10-8)6(11)5-15(2,12)13/h3-4,6,11H,5H2,1-2H3. The largest absolute Gasteiger partial charge is 0.480 e. The fourth-order valence-electron chi connectivity index (χ4n) is 1.09. The Hall–Kier alpha value is -1.21. The molecule has 1 aromatic heterocycles. The Bertz CT molecular complexity index is 432. The van der Waals surface area contributed by atoms with Gasteiger partial charge in [-0.15, -0.1) is 0 Å². The molecule has 0 bridgehead atoms. The van der Waals surface area contributed by atoms with E-state index in [9.17, 15) is 13.5 Å². The van der Waals surface area contributed by atoms with Crippen molar-refractivity contribution in [3.8, 4) is 5.88 Å². The molecular formula is C8H12N2O4S. The molecule has 0 aliphatic carbocycles. The number of rotatable bonds is 4. The van der Waals surface area contributed by atoms with Gasteiger partial charge < -0.3 is 9.84 Å². The fourth-order valence-corrected chi connectivity index (χ4v) is 1.82. The van der Waals surface area contributed by atoms with Gasteiger partial charge in [-0.2, -0.15) is 0 Å². The van der Waals surface area contributed by atoms with Crippen molar-refractivity contribution >= 4 is 9.84 Å². The average molecular weight is 232 g/mol. The second-order valence-electron chi connectivity index (χ2n) is 3.06. The number of methoxy groups -OCH3 is 1. The summed E-state index contributed by atoms with van der Waals surface area (Å²) in [6.07, 6.45) is 2.58. The highest BCUT2D eigenvalue weighted by molar-refractivity contribution is 7.90. The van der Waals surface area contributed by atoms with E-state index >= 15 is 0 Å². The van der Waals surface area contributed by atoms with E-state index < -0.39 is 21.7 Å². The molecule has 7 heteroatoms. The Balaban J connectivity index is 2.95. The molecule has 1 heterocycles. The van der Waals surface area contributed by atoms with E-state index in [0.717, 1.165) is 6.26 Å². The molecule has 1 unspecified atom stereocenters. The predicted octanol–water partition coefficient (Wildman–Crippen LogP) is -0.437. The summed E-state index contributed by atoms with van der Waals surface area (Å²) in [4.78, 5) is 7.64. The van der Waals surface area contributed by atoms with Gasteiger partial charge in [0.15, 0.2) is 0 Å². The molecule has 0 aliphatic heterocycles. The van der Waals surface area contributed by atoms with E-state index in [1.807, 2.05) is 0 Å². The molecule has 0 aromatic carbocycles. The van der Waals surface area contributed by atoms with Crippen LogP contribution in [-0.2, 0) is 9.84 Å². The first-order valence-electron chi connectivity index (χ1n) is 4.14. The predicted molar refractivity (Wildman–Crippen MR) is 53.3 cm³/mol. The van der Waals surface area contributed by atoms with Crippen molar-refractivity contribution in [1.29, 1.82) is 0 Å². The average Bonchev–Trinajstić information content (AvgIpc) is 2.15. The number of nitrogens with zero attached hydrogens (tertiary/aromatic N) is 2. The van der Waals surface area contributed by atoms with Crippen molar-refractivity contribution < 1.29 is 18.3 Å². The van der Waals surface area contributed by atoms with E-state index in [0.29, 0.717) is 0 Å². The molecule has 0 spiro atoms. The molecule has 0 saturated heterocycles. The summed E-state index contributed by atoms with van der Waals surface area (Å²) < 4.78 is 26.8. The van der Waals surface area contributed by atoms with Crippen molar-refractivity contribution in [2.45, 2.75) is 6.10 Å². The molecule has 0 amide bonds. The number of hydrogen-bond acceptors (Lipinski definition) is 6. The normalized spacial score (nSPS) is 13.5. The lowest BCUT2D eigenvalue weighted by atomic mass is 10.3. The third-order valence-electron chi connectivity index (χ3n) is 1.66. The maximum atomic E-state index is 11.0. The van der Waals surface area contributed by atoms with Crippen LogP contribution in [-0.4, -0.2) is 42.6 Å². The first-order chi connectivity index (χ1) is 6.94. The maximum Gasteiger partial charge on any atom is 0.238 e. The van der Waals surface area contributed by atoms with Gasteiger partial charge in [0.05, 0.1) is 12.9 Å². The van der Waals surface area contributed by atoms with Crippen LogP contribution in [0.15, 0.2) is 12.4 Å². The molecule has 0 saturated carbocycles. The highest BCUT2D eigenvalue weighted by Gasteiger charge is 2.20. The Morgan fingerprint density at radius 2 is 2.07 bits per heavy atom. The number of aromatic nitrogens is 2. The SMILES string of the molecule is COc1nccnc1C(O)CS(C)(=O)=O. The molecule has 0 radical (unpaired) electrons. The molecule has 6 nitrogen and oxygen atoms in total. The summed E-state index contributed by atoms with van der Waals surface area (Å²) >= 11 is 0. The van der Waals surface area contributed by atoms with Crippen LogP contribution in [0.3, 0.4) is 0 Å². The third kappa shape index (κ3) is 3.45. The van der Waals surface area contributed by atoms with Crippen LogP contribution in [0.2, 0.25) is 0 Å². The van der Waals surface area contributed by atoms with Crippen LogP contribution in [0, 0.1) is 0 Å². The molecule has 0 aliphatic rings. The highest BCUT2D eigenvalue weighted by atomic mass is 32.2. The zero-order valence-corrected chi connectivity index (χ0v) is 9.23. The van der Waals surface area contributed by atoms with Crippen LogP contribution < -0.4 is 4.74 Å². The number of ether oxygens (including phenoxy) is 1.